The number of anilines is 1. The zero-order chi connectivity index (χ0) is 12.4. The van der Waals surface area contributed by atoms with Crippen LogP contribution in [0, 0.1) is 16.5 Å². The van der Waals surface area contributed by atoms with Gasteiger partial charge in [-0.3, -0.25) is 14.9 Å². The summed E-state index contributed by atoms with van der Waals surface area (Å²) in [6, 6.07) is 2.99. The topological polar surface area (TPSA) is 72.2 Å². The average molecular weight is 233 g/mol. The number of hydrogen-bond acceptors (Lipinski definition) is 4. The number of carbonyl (C=O) groups is 1. The van der Waals surface area contributed by atoms with E-state index in [1.54, 1.807) is 13.0 Å². The van der Waals surface area contributed by atoms with Crippen LogP contribution in [0.5, 0.6) is 0 Å². The molecule has 0 amide bonds. The zero-order valence-electron chi connectivity index (χ0n) is 9.47. The quantitative estimate of drug-likeness (QED) is 0.488. The van der Waals surface area contributed by atoms with E-state index < -0.39 is 6.04 Å². The van der Waals surface area contributed by atoms with Crippen LogP contribution in [0.25, 0.3) is 0 Å². The van der Waals surface area contributed by atoms with E-state index in [9.17, 15) is 14.9 Å². The maximum absolute atomic E-state index is 11.0. The molecule has 1 aromatic carbocycles. The first kappa shape index (κ1) is 11.6. The SMILES string of the molecule is CC(Cc1cc2c(c(C=O)c1)NC[CH]2)[N+](=O)[O-]. The molecule has 1 radical (unpaired) electrons. The molecule has 2 rings (SSSR count). The van der Waals surface area contributed by atoms with Crippen LogP contribution in [0.1, 0.15) is 28.4 Å². The number of carbonyl (C=O) groups excluding carboxylic acids is 1. The second-order valence-electron chi connectivity index (χ2n) is 4.19. The molecule has 0 aliphatic carbocycles. The largest absolute Gasteiger partial charge is 0.384 e. The summed E-state index contributed by atoms with van der Waals surface area (Å²) in [5, 5.41) is 13.7. The number of hydrogen-bond donors (Lipinski definition) is 1. The van der Waals surface area contributed by atoms with Crippen molar-refractivity contribution in [1.82, 2.24) is 0 Å². The lowest BCUT2D eigenvalue weighted by Gasteiger charge is -2.08. The Hall–Kier alpha value is -1.91. The highest BCUT2D eigenvalue weighted by Crippen LogP contribution is 2.28. The Kier molecular flexibility index (Phi) is 3.08. The first-order valence-electron chi connectivity index (χ1n) is 5.44. The lowest BCUT2D eigenvalue weighted by atomic mass is 9.99. The summed E-state index contributed by atoms with van der Waals surface area (Å²) >= 11 is 0. The van der Waals surface area contributed by atoms with E-state index in [4.69, 9.17) is 0 Å². The van der Waals surface area contributed by atoms with Gasteiger partial charge in [0.2, 0.25) is 6.04 Å². The zero-order valence-corrected chi connectivity index (χ0v) is 9.47. The molecule has 0 fully saturated rings. The van der Waals surface area contributed by atoms with Crippen LogP contribution in [0.2, 0.25) is 0 Å². The first-order valence-corrected chi connectivity index (χ1v) is 5.44. The van der Waals surface area contributed by atoms with Crippen molar-refractivity contribution >= 4 is 12.0 Å². The molecule has 89 valence electrons. The van der Waals surface area contributed by atoms with E-state index >= 15 is 0 Å². The fourth-order valence-corrected chi connectivity index (χ4v) is 2.01. The predicted molar refractivity (Wildman–Crippen MR) is 63.9 cm³/mol. The Labute approximate surface area is 99.0 Å². The molecule has 0 saturated carbocycles. The lowest BCUT2D eigenvalue weighted by molar-refractivity contribution is -0.517. The third-order valence-corrected chi connectivity index (χ3v) is 2.88. The standard InChI is InChI=1S/C12H13N2O3/c1-8(14(16)17)4-9-5-10-2-3-13-12(10)11(6-9)7-15/h2,5-8,13H,3-4H2,1H3. The van der Waals surface area contributed by atoms with Crippen LogP contribution in [-0.2, 0) is 6.42 Å². The fraction of sp³-hybridized carbons (Fsp3) is 0.333. The van der Waals surface area contributed by atoms with Gasteiger partial charge in [0.1, 0.15) is 0 Å². The Balaban J connectivity index is 2.30. The van der Waals surface area contributed by atoms with E-state index in [0.29, 0.717) is 18.5 Å². The summed E-state index contributed by atoms with van der Waals surface area (Å²) in [6.07, 6.45) is 3.10. The summed E-state index contributed by atoms with van der Waals surface area (Å²) in [7, 11) is 0. The average Bonchev–Trinajstić information content (AvgIpc) is 2.75. The summed E-state index contributed by atoms with van der Waals surface area (Å²) in [5.41, 5.74) is 3.19. The van der Waals surface area contributed by atoms with Crippen LogP contribution >= 0.6 is 0 Å². The number of nitrogens with zero attached hydrogens (tertiary/aromatic N) is 1. The number of nitro groups is 1. The molecule has 1 atom stereocenters. The molecular weight excluding hydrogens is 220 g/mol. The van der Waals surface area contributed by atoms with Gasteiger partial charge in [0.25, 0.3) is 0 Å². The molecule has 5 nitrogen and oxygen atoms in total. The normalized spacial score (nSPS) is 14.9. The van der Waals surface area contributed by atoms with Gasteiger partial charge < -0.3 is 5.32 Å². The van der Waals surface area contributed by atoms with Crippen LogP contribution in [-0.4, -0.2) is 23.8 Å². The van der Waals surface area contributed by atoms with Gasteiger partial charge in [-0.2, -0.15) is 0 Å². The van der Waals surface area contributed by atoms with Crippen molar-refractivity contribution in [3.8, 4) is 0 Å². The Morgan fingerprint density at radius 2 is 2.35 bits per heavy atom. The number of benzene rings is 1. The molecule has 5 heteroatoms. The minimum Gasteiger partial charge on any atom is -0.384 e. The molecular formula is C12H13N2O3. The summed E-state index contributed by atoms with van der Waals surface area (Å²) in [6.45, 7) is 2.26. The molecule has 1 unspecified atom stereocenters. The van der Waals surface area contributed by atoms with E-state index in [1.807, 2.05) is 12.5 Å². The maximum Gasteiger partial charge on any atom is 0.214 e. The third kappa shape index (κ3) is 2.27. The van der Waals surface area contributed by atoms with Crippen LogP contribution < -0.4 is 5.32 Å². The van der Waals surface area contributed by atoms with E-state index in [-0.39, 0.29) is 4.92 Å². The van der Waals surface area contributed by atoms with Gasteiger partial charge >= 0.3 is 0 Å². The molecule has 0 saturated heterocycles. The van der Waals surface area contributed by atoms with E-state index in [1.165, 1.54) is 0 Å². The Morgan fingerprint density at radius 1 is 1.59 bits per heavy atom. The monoisotopic (exact) mass is 233 g/mol. The third-order valence-electron chi connectivity index (χ3n) is 2.88. The van der Waals surface area contributed by atoms with Crippen molar-refractivity contribution in [2.24, 2.45) is 0 Å². The van der Waals surface area contributed by atoms with Crippen molar-refractivity contribution in [3.63, 3.8) is 0 Å². The lowest BCUT2D eigenvalue weighted by Crippen LogP contribution is -2.18. The molecule has 0 spiro atoms. The highest BCUT2D eigenvalue weighted by atomic mass is 16.6. The molecule has 1 aromatic rings. The van der Waals surface area contributed by atoms with Crippen LogP contribution in [0.4, 0.5) is 5.69 Å². The second kappa shape index (κ2) is 4.53. The van der Waals surface area contributed by atoms with Crippen LogP contribution in [0.15, 0.2) is 12.1 Å². The smallest absolute Gasteiger partial charge is 0.214 e. The Bertz CT molecular complexity index is 471. The van der Waals surface area contributed by atoms with Gasteiger partial charge in [-0.1, -0.05) is 6.07 Å². The van der Waals surface area contributed by atoms with Gasteiger partial charge in [-0.05, 0) is 17.2 Å². The van der Waals surface area contributed by atoms with Crippen molar-refractivity contribution in [2.45, 2.75) is 19.4 Å². The van der Waals surface area contributed by atoms with Crippen molar-refractivity contribution in [2.75, 3.05) is 11.9 Å². The van der Waals surface area contributed by atoms with Crippen LogP contribution in [0.3, 0.4) is 0 Å². The van der Waals surface area contributed by atoms with Crippen molar-refractivity contribution in [3.05, 3.63) is 45.4 Å². The molecule has 1 N–H and O–H groups in total. The maximum atomic E-state index is 11.0. The minimum atomic E-state index is -0.637. The van der Waals surface area contributed by atoms with E-state index in [2.05, 4.69) is 5.32 Å². The number of rotatable bonds is 4. The van der Waals surface area contributed by atoms with E-state index in [0.717, 1.165) is 23.1 Å². The van der Waals surface area contributed by atoms with Crippen molar-refractivity contribution < 1.29 is 9.72 Å². The van der Waals surface area contributed by atoms with Gasteiger partial charge in [0.05, 0.1) is 0 Å². The molecule has 0 bridgehead atoms. The summed E-state index contributed by atoms with van der Waals surface area (Å²) < 4.78 is 0. The molecule has 17 heavy (non-hydrogen) atoms. The minimum absolute atomic E-state index is 0.310. The number of fused-ring (bicyclic) bond motifs is 1. The summed E-state index contributed by atoms with van der Waals surface area (Å²) in [4.78, 5) is 21.2. The molecule has 1 heterocycles. The highest BCUT2D eigenvalue weighted by Gasteiger charge is 2.19. The highest BCUT2D eigenvalue weighted by molar-refractivity contribution is 5.88. The van der Waals surface area contributed by atoms with Gasteiger partial charge in [-0.15, -0.1) is 0 Å². The summed E-state index contributed by atoms with van der Waals surface area (Å²) in [5.74, 6) is 0. The Morgan fingerprint density at radius 3 is 3.00 bits per heavy atom. The number of nitrogens with one attached hydrogen (secondary N) is 1. The van der Waals surface area contributed by atoms with Gasteiger partial charge in [0.15, 0.2) is 6.29 Å². The first-order chi connectivity index (χ1) is 8.11. The van der Waals surface area contributed by atoms with Gasteiger partial charge in [-0.25, -0.2) is 0 Å². The second-order valence-corrected chi connectivity index (χ2v) is 4.19. The van der Waals surface area contributed by atoms with Crippen molar-refractivity contribution in [1.29, 1.82) is 0 Å². The molecule has 1 aliphatic rings. The van der Waals surface area contributed by atoms with Gasteiger partial charge in [0, 0.05) is 42.5 Å². The molecule has 0 aromatic heterocycles. The number of aldehydes is 1. The molecule has 1 aliphatic heterocycles. The fourth-order valence-electron chi connectivity index (χ4n) is 2.01. The predicted octanol–water partition coefficient (Wildman–Crippen LogP) is 1.68.